The topological polar surface area (TPSA) is 86.7 Å². The zero-order valence-electron chi connectivity index (χ0n) is 7.89. The number of rotatable bonds is 6. The Morgan fingerprint density at radius 1 is 1.46 bits per heavy atom. The van der Waals surface area contributed by atoms with E-state index in [0.29, 0.717) is 0 Å². The van der Waals surface area contributed by atoms with Crippen LogP contribution >= 0.6 is 0 Å². The van der Waals surface area contributed by atoms with Gasteiger partial charge in [-0.1, -0.05) is 0 Å². The molecule has 1 N–H and O–H groups in total. The molecule has 74 valence electrons. The molecule has 0 radical (unpaired) electrons. The summed E-state index contributed by atoms with van der Waals surface area (Å²) in [6, 6.07) is 0. The third kappa shape index (κ3) is 9.14. The van der Waals surface area contributed by atoms with Crippen LogP contribution in [0.5, 0.6) is 0 Å². The van der Waals surface area contributed by atoms with Crippen molar-refractivity contribution in [2.45, 2.75) is 18.6 Å². The quantitative estimate of drug-likeness (QED) is 0.283. The Kier molecular flexibility index (Phi) is 10.2. The van der Waals surface area contributed by atoms with E-state index in [2.05, 4.69) is 0 Å². The van der Waals surface area contributed by atoms with Crippen LogP contribution in [0.1, 0.15) is 13.3 Å². The third-order valence-electron chi connectivity index (χ3n) is 1.40. The minimum absolute atomic E-state index is 0. The second kappa shape index (κ2) is 8.16. The van der Waals surface area contributed by atoms with Crippen molar-refractivity contribution in [3.05, 3.63) is 0 Å². The summed E-state index contributed by atoms with van der Waals surface area (Å²) < 4.78 is 35.8. The molecule has 13 heavy (non-hydrogen) atoms. The molecule has 0 rings (SSSR count). The molecule has 0 saturated heterocycles. The predicted molar refractivity (Wildman–Crippen MR) is 41.7 cm³/mol. The molecular weight excluding hydrogens is 207 g/mol. The van der Waals surface area contributed by atoms with Gasteiger partial charge in [-0.3, -0.25) is 0 Å². The Labute approximate surface area is 101 Å². The average Bonchev–Trinajstić information content (AvgIpc) is 1.96. The zero-order chi connectivity index (χ0) is 9.61. The van der Waals surface area contributed by atoms with Gasteiger partial charge in [0.05, 0.1) is 23.3 Å². The predicted octanol–water partition coefficient (Wildman–Crippen LogP) is -3.68. The smallest absolute Gasteiger partial charge is 0.748 e. The van der Waals surface area contributed by atoms with E-state index >= 15 is 0 Å². The molecule has 5 nitrogen and oxygen atoms in total. The van der Waals surface area contributed by atoms with Crippen LogP contribution in [-0.2, 0) is 14.9 Å². The summed E-state index contributed by atoms with van der Waals surface area (Å²) in [6.45, 7) is 1.60. The van der Waals surface area contributed by atoms with Crippen molar-refractivity contribution in [3.8, 4) is 0 Å². The van der Waals surface area contributed by atoms with E-state index in [1.165, 1.54) is 6.92 Å². The number of aliphatic hydroxyl groups excluding tert-OH is 1. The molecule has 0 aliphatic carbocycles. The molecule has 7 heteroatoms. The molecule has 0 aromatic heterocycles. The van der Waals surface area contributed by atoms with Gasteiger partial charge < -0.3 is 14.4 Å². The Morgan fingerprint density at radius 2 is 2.00 bits per heavy atom. The molecule has 0 aliphatic heterocycles. The van der Waals surface area contributed by atoms with E-state index in [9.17, 15) is 13.0 Å². The van der Waals surface area contributed by atoms with Gasteiger partial charge in [0.1, 0.15) is 0 Å². The fourth-order valence-corrected chi connectivity index (χ4v) is 0.945. The average molecular weight is 220 g/mol. The molecule has 1 atom stereocenters. The number of hydrogen-bond acceptors (Lipinski definition) is 5. The van der Waals surface area contributed by atoms with Crippen molar-refractivity contribution in [1.82, 2.24) is 0 Å². The van der Waals surface area contributed by atoms with Gasteiger partial charge in [0, 0.05) is 11.9 Å². The summed E-state index contributed by atoms with van der Waals surface area (Å²) in [5.41, 5.74) is 0. The number of hydrogen-bond donors (Lipinski definition) is 1. The van der Waals surface area contributed by atoms with Gasteiger partial charge in [-0.05, 0) is 13.3 Å². The van der Waals surface area contributed by atoms with E-state index < -0.39 is 15.4 Å². The Morgan fingerprint density at radius 3 is 2.38 bits per heavy atom. The normalized spacial score (nSPS) is 13.5. The largest absolute Gasteiger partial charge is 1.00 e. The SMILES string of the molecule is CC(CCOCCO)S(=O)(=O)[O-].[Na+]. The molecule has 0 fully saturated rings. The van der Waals surface area contributed by atoms with Gasteiger partial charge in [-0.25, -0.2) is 8.42 Å². The molecule has 0 bridgehead atoms. The third-order valence-corrected chi connectivity index (χ3v) is 2.62. The van der Waals surface area contributed by atoms with E-state index in [4.69, 9.17) is 9.84 Å². The molecule has 0 saturated carbocycles. The summed E-state index contributed by atoms with van der Waals surface area (Å²) in [6.07, 6.45) is 0.172. The van der Waals surface area contributed by atoms with Crippen LogP contribution in [0.4, 0.5) is 0 Å². The molecule has 0 spiro atoms. The first-order valence-electron chi connectivity index (χ1n) is 3.61. The van der Waals surface area contributed by atoms with Crippen molar-refractivity contribution >= 4 is 10.1 Å². The van der Waals surface area contributed by atoms with Gasteiger partial charge in [-0.15, -0.1) is 0 Å². The first-order valence-corrected chi connectivity index (χ1v) is 5.09. The summed E-state index contributed by atoms with van der Waals surface area (Å²) in [5.74, 6) is 0. The summed E-state index contributed by atoms with van der Waals surface area (Å²) in [4.78, 5) is 0. The zero-order valence-corrected chi connectivity index (χ0v) is 10.7. The molecule has 1 unspecified atom stereocenters. The van der Waals surface area contributed by atoms with E-state index in [1.54, 1.807) is 0 Å². The molecule has 0 amide bonds. The molecule has 0 aromatic rings. The molecular formula is C6H13NaO5S. The fourth-order valence-electron chi connectivity index (χ4n) is 0.560. The van der Waals surface area contributed by atoms with Crippen LogP contribution in [0.15, 0.2) is 0 Å². The Bertz CT molecular complexity index is 203. The van der Waals surface area contributed by atoms with E-state index in [-0.39, 0.29) is 55.8 Å². The van der Waals surface area contributed by atoms with Gasteiger partial charge >= 0.3 is 29.6 Å². The maximum Gasteiger partial charge on any atom is 1.00 e. The maximum atomic E-state index is 10.3. The molecule has 0 aromatic carbocycles. The van der Waals surface area contributed by atoms with Crippen molar-refractivity contribution in [2.75, 3.05) is 19.8 Å². The van der Waals surface area contributed by atoms with Gasteiger partial charge in [0.2, 0.25) is 0 Å². The van der Waals surface area contributed by atoms with Crippen LogP contribution in [0.25, 0.3) is 0 Å². The van der Waals surface area contributed by atoms with Crippen LogP contribution in [0.2, 0.25) is 0 Å². The molecule has 0 aliphatic rings. The summed E-state index contributed by atoms with van der Waals surface area (Å²) >= 11 is 0. The van der Waals surface area contributed by atoms with E-state index in [1.807, 2.05) is 0 Å². The van der Waals surface area contributed by atoms with Gasteiger partial charge in [0.25, 0.3) is 0 Å². The van der Waals surface area contributed by atoms with Crippen molar-refractivity contribution in [1.29, 1.82) is 0 Å². The monoisotopic (exact) mass is 220 g/mol. The second-order valence-corrected chi connectivity index (χ2v) is 4.22. The molecule has 0 heterocycles. The van der Waals surface area contributed by atoms with Crippen LogP contribution in [0, 0.1) is 0 Å². The van der Waals surface area contributed by atoms with Crippen molar-refractivity contribution < 1.29 is 52.4 Å². The maximum absolute atomic E-state index is 10.3. The van der Waals surface area contributed by atoms with Gasteiger partial charge in [0.15, 0.2) is 0 Å². The minimum Gasteiger partial charge on any atom is -0.748 e. The fraction of sp³-hybridized carbons (Fsp3) is 1.00. The first-order chi connectivity index (χ1) is 5.48. The van der Waals surface area contributed by atoms with Crippen molar-refractivity contribution in [3.63, 3.8) is 0 Å². The van der Waals surface area contributed by atoms with Crippen molar-refractivity contribution in [2.24, 2.45) is 0 Å². The Balaban J connectivity index is 0. The first kappa shape index (κ1) is 16.3. The number of ether oxygens (including phenoxy) is 1. The van der Waals surface area contributed by atoms with Crippen LogP contribution in [-0.4, -0.2) is 43.1 Å². The second-order valence-electron chi connectivity index (χ2n) is 2.43. The Hall–Kier alpha value is 0.830. The van der Waals surface area contributed by atoms with Crippen LogP contribution in [0.3, 0.4) is 0 Å². The minimum atomic E-state index is -4.18. The number of aliphatic hydroxyl groups is 1. The van der Waals surface area contributed by atoms with Crippen LogP contribution < -0.4 is 29.6 Å². The van der Waals surface area contributed by atoms with E-state index in [0.717, 1.165) is 0 Å². The summed E-state index contributed by atoms with van der Waals surface area (Å²) in [7, 11) is -4.18. The van der Waals surface area contributed by atoms with Gasteiger partial charge in [-0.2, -0.15) is 0 Å². The standard InChI is InChI=1S/C6H14O5S.Na/c1-6(12(8,9)10)2-4-11-5-3-7;/h6-7H,2-5H2,1H3,(H,8,9,10);/q;+1/p-1. The summed E-state index contributed by atoms with van der Waals surface area (Å²) in [5, 5.41) is 7.37.